The van der Waals surface area contributed by atoms with Crippen LogP contribution < -0.4 is 0 Å². The summed E-state index contributed by atoms with van der Waals surface area (Å²) in [4.78, 5) is 22.9. The van der Waals surface area contributed by atoms with E-state index in [-0.39, 0.29) is 11.9 Å². The van der Waals surface area contributed by atoms with Crippen molar-refractivity contribution in [3.63, 3.8) is 0 Å². The van der Waals surface area contributed by atoms with E-state index in [9.17, 15) is 4.79 Å². The van der Waals surface area contributed by atoms with Gasteiger partial charge in [-0.25, -0.2) is 4.98 Å². The molecule has 1 fully saturated rings. The molecule has 0 saturated carbocycles. The van der Waals surface area contributed by atoms with Gasteiger partial charge < -0.3 is 4.90 Å². The molecule has 2 aromatic carbocycles. The molecule has 0 bridgehead atoms. The number of carbonyl (C=O) groups excluding carboxylic acids is 1. The number of amides is 1. The van der Waals surface area contributed by atoms with Crippen LogP contribution in [0.15, 0.2) is 60.9 Å². The minimum absolute atomic E-state index is 0.0400. The van der Waals surface area contributed by atoms with Crippen molar-refractivity contribution in [2.24, 2.45) is 0 Å². The third kappa shape index (κ3) is 4.08. The van der Waals surface area contributed by atoms with Gasteiger partial charge in [0.25, 0.3) is 5.91 Å². The number of hydrogen-bond acceptors (Lipinski definition) is 5. The average molecular weight is 444 g/mol. The fourth-order valence-electron chi connectivity index (χ4n) is 4.43. The summed E-state index contributed by atoms with van der Waals surface area (Å²) < 4.78 is 0. The molecule has 162 valence electrons. The maximum Gasteiger partial charge on any atom is 0.274 e. The lowest BCUT2D eigenvalue weighted by Gasteiger charge is -2.25. The molecule has 1 saturated heterocycles. The molecule has 5 rings (SSSR count). The number of likely N-dealkylation sites (tertiary alicyclic amines) is 1. The van der Waals surface area contributed by atoms with E-state index in [0.29, 0.717) is 5.69 Å². The molecule has 1 atom stereocenters. The third-order valence-corrected chi connectivity index (χ3v) is 6.91. The van der Waals surface area contributed by atoms with Crippen LogP contribution >= 0.6 is 11.3 Å². The second-order valence-corrected chi connectivity index (χ2v) is 9.47. The Kier molecular flexibility index (Phi) is 5.57. The van der Waals surface area contributed by atoms with E-state index in [2.05, 4.69) is 52.4 Å². The molecule has 6 nitrogen and oxygen atoms in total. The van der Waals surface area contributed by atoms with Crippen molar-refractivity contribution in [1.82, 2.24) is 24.9 Å². The summed E-state index contributed by atoms with van der Waals surface area (Å²) in [7, 11) is 0. The van der Waals surface area contributed by atoms with Crippen molar-refractivity contribution in [3.8, 4) is 16.1 Å². The number of thiazole rings is 1. The zero-order valence-corrected chi connectivity index (χ0v) is 19.0. The number of aryl methyl sites for hydroxylation is 2. The van der Waals surface area contributed by atoms with Crippen molar-refractivity contribution in [1.29, 1.82) is 0 Å². The van der Waals surface area contributed by atoms with Gasteiger partial charge in [-0.15, -0.1) is 11.3 Å². The van der Waals surface area contributed by atoms with Gasteiger partial charge in [0.05, 0.1) is 28.0 Å². The van der Waals surface area contributed by atoms with E-state index in [4.69, 9.17) is 0 Å². The second kappa shape index (κ2) is 8.67. The van der Waals surface area contributed by atoms with Gasteiger partial charge in [0, 0.05) is 12.6 Å². The molecule has 0 unspecified atom stereocenters. The Labute approximate surface area is 191 Å². The summed E-state index contributed by atoms with van der Waals surface area (Å²) in [6.45, 7) is 4.81. The van der Waals surface area contributed by atoms with E-state index in [1.165, 1.54) is 11.1 Å². The predicted molar refractivity (Wildman–Crippen MR) is 126 cm³/mol. The van der Waals surface area contributed by atoms with Crippen LogP contribution in [0, 0.1) is 13.8 Å². The minimum atomic E-state index is 0.0400. The molecule has 0 radical (unpaired) electrons. The summed E-state index contributed by atoms with van der Waals surface area (Å²) in [5.41, 5.74) is 4.93. The van der Waals surface area contributed by atoms with Crippen molar-refractivity contribution < 1.29 is 4.79 Å². The Morgan fingerprint density at radius 1 is 1.09 bits per heavy atom. The fourth-order valence-corrected chi connectivity index (χ4v) is 5.34. The maximum atomic E-state index is 13.6. The summed E-state index contributed by atoms with van der Waals surface area (Å²) in [5, 5.41) is 9.36. The van der Waals surface area contributed by atoms with Crippen molar-refractivity contribution >= 4 is 17.2 Å². The molecule has 1 aliphatic rings. The number of rotatable bonds is 5. The highest BCUT2D eigenvalue weighted by atomic mass is 32.1. The zero-order valence-electron chi connectivity index (χ0n) is 18.2. The molecule has 0 spiro atoms. The number of carbonyl (C=O) groups is 1. The Hall–Kier alpha value is -3.32. The van der Waals surface area contributed by atoms with Gasteiger partial charge in [-0.1, -0.05) is 42.0 Å². The molecular formula is C25H25N5OS. The molecule has 1 amide bonds. The Morgan fingerprint density at radius 2 is 1.91 bits per heavy atom. The first kappa shape index (κ1) is 20.6. The van der Waals surface area contributed by atoms with Gasteiger partial charge in [0.1, 0.15) is 5.69 Å². The van der Waals surface area contributed by atoms with Gasteiger partial charge in [-0.3, -0.25) is 4.79 Å². The largest absolute Gasteiger partial charge is 0.334 e. The molecular weight excluding hydrogens is 418 g/mol. The minimum Gasteiger partial charge on any atom is -0.334 e. The highest BCUT2D eigenvalue weighted by Gasteiger charge is 2.32. The van der Waals surface area contributed by atoms with Gasteiger partial charge in [0.15, 0.2) is 0 Å². The first-order valence-electron chi connectivity index (χ1n) is 10.9. The van der Waals surface area contributed by atoms with Gasteiger partial charge >= 0.3 is 0 Å². The average Bonchev–Trinajstić information content (AvgIpc) is 3.55. The summed E-state index contributed by atoms with van der Waals surface area (Å²) in [6.07, 6.45) is 6.17. The molecule has 2 aromatic heterocycles. The van der Waals surface area contributed by atoms with Crippen LogP contribution in [0.3, 0.4) is 0 Å². The SMILES string of the molecule is Cc1cccc(-c2sc(C)nc2C(=O)N2CCC[C@H]2Cc2cccc(-n3nccn3)c2)c1. The van der Waals surface area contributed by atoms with Crippen LogP contribution in [0.2, 0.25) is 0 Å². The van der Waals surface area contributed by atoms with Gasteiger partial charge in [-0.2, -0.15) is 15.0 Å². The predicted octanol–water partition coefficient (Wildman–Crippen LogP) is 4.85. The normalized spacial score (nSPS) is 15.9. The number of hydrogen-bond donors (Lipinski definition) is 0. The smallest absolute Gasteiger partial charge is 0.274 e. The zero-order chi connectivity index (χ0) is 22.1. The quantitative estimate of drug-likeness (QED) is 0.442. The topological polar surface area (TPSA) is 63.9 Å². The molecule has 0 N–H and O–H groups in total. The van der Waals surface area contributed by atoms with E-state index < -0.39 is 0 Å². The first-order valence-corrected chi connectivity index (χ1v) is 11.7. The molecule has 1 aliphatic heterocycles. The Bertz CT molecular complexity index is 1250. The highest BCUT2D eigenvalue weighted by Crippen LogP contribution is 2.33. The molecule has 7 heteroatoms. The number of benzene rings is 2. The molecule has 3 heterocycles. The summed E-state index contributed by atoms with van der Waals surface area (Å²) in [6, 6.07) is 16.7. The van der Waals surface area contributed by atoms with Crippen molar-refractivity contribution in [2.75, 3.05) is 6.54 Å². The van der Waals surface area contributed by atoms with Crippen LogP contribution in [-0.4, -0.2) is 43.4 Å². The third-order valence-electron chi connectivity index (χ3n) is 5.89. The maximum absolute atomic E-state index is 13.6. The summed E-state index contributed by atoms with van der Waals surface area (Å²) >= 11 is 1.59. The monoisotopic (exact) mass is 443 g/mol. The van der Waals surface area contributed by atoms with Gasteiger partial charge in [0.2, 0.25) is 0 Å². The molecule has 4 aromatic rings. The van der Waals surface area contributed by atoms with Crippen LogP contribution in [-0.2, 0) is 6.42 Å². The van der Waals surface area contributed by atoms with Crippen LogP contribution in [0.25, 0.3) is 16.1 Å². The Morgan fingerprint density at radius 3 is 2.72 bits per heavy atom. The van der Waals surface area contributed by atoms with Crippen molar-refractivity contribution in [2.45, 2.75) is 39.2 Å². The molecule has 0 aliphatic carbocycles. The fraction of sp³-hybridized carbons (Fsp3) is 0.280. The van der Waals surface area contributed by atoms with Crippen LogP contribution in [0.1, 0.15) is 39.5 Å². The highest BCUT2D eigenvalue weighted by molar-refractivity contribution is 7.15. The van der Waals surface area contributed by atoms with E-state index in [1.54, 1.807) is 28.5 Å². The van der Waals surface area contributed by atoms with E-state index in [0.717, 1.165) is 46.9 Å². The lowest BCUT2D eigenvalue weighted by molar-refractivity contribution is 0.0732. The number of aromatic nitrogens is 4. The number of nitrogens with zero attached hydrogens (tertiary/aromatic N) is 5. The first-order chi connectivity index (χ1) is 15.6. The van der Waals surface area contributed by atoms with E-state index in [1.807, 2.05) is 30.0 Å². The van der Waals surface area contributed by atoms with Crippen LogP contribution in [0.5, 0.6) is 0 Å². The Balaban J connectivity index is 1.40. The van der Waals surface area contributed by atoms with Crippen LogP contribution in [0.4, 0.5) is 0 Å². The van der Waals surface area contributed by atoms with Crippen molar-refractivity contribution in [3.05, 3.63) is 82.8 Å². The second-order valence-electron chi connectivity index (χ2n) is 8.27. The lowest BCUT2D eigenvalue weighted by atomic mass is 10.0. The van der Waals surface area contributed by atoms with Gasteiger partial charge in [-0.05, 0) is 56.4 Å². The molecule has 32 heavy (non-hydrogen) atoms. The lowest BCUT2D eigenvalue weighted by Crippen LogP contribution is -2.37. The van der Waals surface area contributed by atoms with E-state index >= 15 is 0 Å². The standard InChI is InChI=1S/C25H25N5OS/c1-17-6-3-8-20(14-17)24-23(28-18(2)32-24)25(31)29-13-5-10-21(29)15-19-7-4-9-22(16-19)30-26-11-12-27-30/h3-4,6-9,11-12,14,16,21H,5,10,13,15H2,1-2H3/t21-/m0/s1. The summed E-state index contributed by atoms with van der Waals surface area (Å²) in [5.74, 6) is 0.0400.